The molecule has 0 N–H and O–H groups in total. The fourth-order valence-electron chi connectivity index (χ4n) is 3.85. The molecule has 1 fully saturated rings. The SMILES string of the molecule is CC1CCCCN1c1c(F)cc2c(=O)ccn3c2c1OCC3C. The van der Waals surface area contributed by atoms with Crippen LogP contribution in [-0.2, 0) is 0 Å². The Kier molecular flexibility index (Phi) is 3.32. The molecule has 0 bridgehead atoms. The van der Waals surface area contributed by atoms with Crippen LogP contribution in [0.3, 0.4) is 0 Å². The number of halogens is 1. The standard InChI is InChI=1S/C18H21FN2O2/c1-11-5-3-4-7-20(11)17-14(19)9-13-15(22)6-8-21-12(2)10-23-18(17)16(13)21/h6,8-9,11-12H,3-5,7,10H2,1-2H3. The highest BCUT2D eigenvalue weighted by molar-refractivity contribution is 5.92. The molecule has 2 unspecified atom stereocenters. The molecule has 0 radical (unpaired) electrons. The van der Waals surface area contributed by atoms with Crippen molar-refractivity contribution in [2.24, 2.45) is 0 Å². The van der Waals surface area contributed by atoms with Crippen LogP contribution < -0.4 is 15.1 Å². The number of anilines is 1. The van der Waals surface area contributed by atoms with Gasteiger partial charge in [0.2, 0.25) is 0 Å². The fraction of sp³-hybridized carbons (Fsp3) is 0.500. The average Bonchev–Trinajstić information content (AvgIpc) is 2.54. The van der Waals surface area contributed by atoms with Crippen LogP contribution in [0.5, 0.6) is 5.75 Å². The molecule has 1 aromatic heterocycles. The highest BCUT2D eigenvalue weighted by Gasteiger charge is 2.30. The third-order valence-electron chi connectivity index (χ3n) is 5.13. The highest BCUT2D eigenvalue weighted by Crippen LogP contribution is 2.43. The van der Waals surface area contributed by atoms with Gasteiger partial charge in [-0.3, -0.25) is 4.79 Å². The van der Waals surface area contributed by atoms with E-state index in [1.807, 2.05) is 11.5 Å². The van der Waals surface area contributed by atoms with Gasteiger partial charge in [-0.15, -0.1) is 0 Å². The second-order valence-corrected chi connectivity index (χ2v) is 6.72. The summed E-state index contributed by atoms with van der Waals surface area (Å²) in [6.45, 7) is 5.48. The lowest BCUT2D eigenvalue weighted by atomic mass is 10.0. The summed E-state index contributed by atoms with van der Waals surface area (Å²) < 4.78 is 22.9. The van der Waals surface area contributed by atoms with Crippen LogP contribution in [0.25, 0.3) is 10.9 Å². The summed E-state index contributed by atoms with van der Waals surface area (Å²) in [5, 5.41) is 0.403. The van der Waals surface area contributed by atoms with Crippen molar-refractivity contribution in [1.29, 1.82) is 0 Å². The Morgan fingerprint density at radius 2 is 2.09 bits per heavy atom. The molecule has 2 atom stereocenters. The second kappa shape index (κ2) is 5.25. The number of benzene rings is 1. The largest absolute Gasteiger partial charge is 0.487 e. The third-order valence-corrected chi connectivity index (χ3v) is 5.13. The Bertz CT molecular complexity index is 830. The second-order valence-electron chi connectivity index (χ2n) is 6.72. The average molecular weight is 316 g/mol. The van der Waals surface area contributed by atoms with Gasteiger partial charge < -0.3 is 14.2 Å². The Morgan fingerprint density at radius 3 is 2.87 bits per heavy atom. The van der Waals surface area contributed by atoms with Crippen LogP contribution in [0, 0.1) is 5.82 Å². The molecule has 0 spiro atoms. The number of aromatic nitrogens is 1. The zero-order valence-corrected chi connectivity index (χ0v) is 13.5. The van der Waals surface area contributed by atoms with Crippen LogP contribution in [0.15, 0.2) is 23.1 Å². The van der Waals surface area contributed by atoms with E-state index in [2.05, 4.69) is 11.8 Å². The van der Waals surface area contributed by atoms with E-state index in [-0.39, 0.29) is 23.3 Å². The van der Waals surface area contributed by atoms with Gasteiger partial charge >= 0.3 is 0 Å². The van der Waals surface area contributed by atoms with E-state index in [9.17, 15) is 9.18 Å². The molecule has 4 rings (SSSR count). The lowest BCUT2D eigenvalue weighted by molar-refractivity contribution is 0.246. The van der Waals surface area contributed by atoms with Crippen molar-refractivity contribution >= 4 is 16.6 Å². The van der Waals surface area contributed by atoms with E-state index in [1.54, 1.807) is 6.20 Å². The predicted molar refractivity (Wildman–Crippen MR) is 89.0 cm³/mol. The summed E-state index contributed by atoms with van der Waals surface area (Å²) in [4.78, 5) is 14.3. The topological polar surface area (TPSA) is 34.5 Å². The minimum absolute atomic E-state index is 0.127. The van der Waals surface area contributed by atoms with Gasteiger partial charge in [0.1, 0.15) is 12.3 Å². The van der Waals surface area contributed by atoms with Crippen LogP contribution in [0.1, 0.15) is 39.2 Å². The number of rotatable bonds is 1. The maximum absolute atomic E-state index is 14.9. The van der Waals surface area contributed by atoms with Crippen LogP contribution in [0.2, 0.25) is 0 Å². The first-order valence-electron chi connectivity index (χ1n) is 8.34. The lowest BCUT2D eigenvalue weighted by Gasteiger charge is -2.38. The maximum atomic E-state index is 14.9. The summed E-state index contributed by atoms with van der Waals surface area (Å²) in [6, 6.07) is 3.30. The van der Waals surface area contributed by atoms with Crippen molar-refractivity contribution in [2.75, 3.05) is 18.1 Å². The van der Waals surface area contributed by atoms with E-state index >= 15 is 0 Å². The molecule has 122 valence electrons. The first kappa shape index (κ1) is 14.5. The molecule has 1 saturated heterocycles. The molecular weight excluding hydrogens is 295 g/mol. The van der Waals surface area contributed by atoms with Gasteiger partial charge in [-0.2, -0.15) is 0 Å². The zero-order valence-electron chi connectivity index (χ0n) is 13.5. The Balaban J connectivity index is 2.03. The summed E-state index contributed by atoms with van der Waals surface area (Å²) in [6.07, 6.45) is 5.07. The fourth-order valence-corrected chi connectivity index (χ4v) is 3.85. The van der Waals surface area contributed by atoms with Gasteiger partial charge in [0, 0.05) is 24.8 Å². The van der Waals surface area contributed by atoms with E-state index in [0.717, 1.165) is 24.9 Å². The summed E-state index contributed by atoms with van der Waals surface area (Å²) in [5.74, 6) is 0.176. The summed E-state index contributed by atoms with van der Waals surface area (Å²) in [5.41, 5.74) is 1.09. The zero-order chi connectivity index (χ0) is 16.1. The van der Waals surface area contributed by atoms with Gasteiger partial charge in [0.25, 0.3) is 0 Å². The minimum Gasteiger partial charge on any atom is -0.487 e. The van der Waals surface area contributed by atoms with Gasteiger partial charge in [-0.25, -0.2) is 4.39 Å². The van der Waals surface area contributed by atoms with Crippen LogP contribution >= 0.6 is 0 Å². The Morgan fingerprint density at radius 1 is 1.26 bits per heavy atom. The normalized spacial score (nSPS) is 23.9. The molecule has 1 aromatic carbocycles. The first-order valence-corrected chi connectivity index (χ1v) is 8.34. The highest BCUT2D eigenvalue weighted by atomic mass is 19.1. The van der Waals surface area contributed by atoms with Gasteiger partial charge in [0.15, 0.2) is 17.0 Å². The monoisotopic (exact) mass is 316 g/mol. The van der Waals surface area contributed by atoms with Crippen molar-refractivity contribution in [1.82, 2.24) is 4.57 Å². The van der Waals surface area contributed by atoms with Crippen LogP contribution in [-0.4, -0.2) is 23.8 Å². The molecule has 4 nitrogen and oxygen atoms in total. The van der Waals surface area contributed by atoms with Crippen molar-refractivity contribution in [3.05, 3.63) is 34.4 Å². The predicted octanol–water partition coefficient (Wildman–Crippen LogP) is 3.47. The van der Waals surface area contributed by atoms with E-state index < -0.39 is 0 Å². The smallest absolute Gasteiger partial charge is 0.189 e. The quantitative estimate of drug-likeness (QED) is 0.808. The van der Waals surface area contributed by atoms with Gasteiger partial charge in [0.05, 0.1) is 16.9 Å². The van der Waals surface area contributed by atoms with E-state index in [0.29, 0.717) is 23.4 Å². The van der Waals surface area contributed by atoms with Crippen LogP contribution in [0.4, 0.5) is 10.1 Å². The summed E-state index contributed by atoms with van der Waals surface area (Å²) >= 11 is 0. The molecule has 2 aliphatic heterocycles. The van der Waals surface area contributed by atoms with Gasteiger partial charge in [-0.1, -0.05) is 0 Å². The molecule has 2 aromatic rings. The molecule has 0 saturated carbocycles. The molecule has 3 heterocycles. The van der Waals surface area contributed by atoms with Gasteiger partial charge in [-0.05, 0) is 39.2 Å². The molecule has 0 aliphatic carbocycles. The van der Waals surface area contributed by atoms with E-state index in [4.69, 9.17) is 4.74 Å². The number of piperidine rings is 1. The number of pyridine rings is 1. The summed E-state index contributed by atoms with van der Waals surface area (Å²) in [7, 11) is 0. The maximum Gasteiger partial charge on any atom is 0.189 e. The van der Waals surface area contributed by atoms with Crippen molar-refractivity contribution in [2.45, 2.75) is 45.2 Å². The molecule has 0 amide bonds. The van der Waals surface area contributed by atoms with E-state index in [1.165, 1.54) is 18.6 Å². The van der Waals surface area contributed by atoms with Crippen molar-refractivity contribution < 1.29 is 9.13 Å². The van der Waals surface area contributed by atoms with Crippen molar-refractivity contribution in [3.8, 4) is 5.75 Å². The molecule has 5 heteroatoms. The number of ether oxygens (including phenoxy) is 1. The minimum atomic E-state index is -0.356. The Labute approximate surface area is 134 Å². The molecule has 23 heavy (non-hydrogen) atoms. The molecule has 2 aliphatic rings. The third kappa shape index (κ3) is 2.13. The lowest BCUT2D eigenvalue weighted by Crippen LogP contribution is -2.39. The number of hydrogen-bond acceptors (Lipinski definition) is 3. The number of nitrogens with zero attached hydrogens (tertiary/aromatic N) is 2. The Hall–Kier alpha value is -2.04. The number of hydrogen-bond donors (Lipinski definition) is 0. The van der Waals surface area contributed by atoms with Crippen molar-refractivity contribution in [3.63, 3.8) is 0 Å². The first-order chi connectivity index (χ1) is 11.1. The molecular formula is C18H21FN2O2.